The number of aromatic nitrogens is 1. The van der Waals surface area contributed by atoms with Crippen LogP contribution in [0.15, 0.2) is 72.9 Å². The third-order valence-corrected chi connectivity index (χ3v) is 4.76. The summed E-state index contributed by atoms with van der Waals surface area (Å²) in [5, 5.41) is 3.01. The van der Waals surface area contributed by atoms with Crippen molar-refractivity contribution < 1.29 is 9.53 Å². The molecule has 132 valence electrons. The SMILES string of the molecule is COc1ccc(NC(=O)N2CCn3cccc3[C@H]2c2ccccc2)cc1. The molecule has 2 aromatic carbocycles. The molecule has 0 spiro atoms. The molecule has 3 aromatic rings. The fraction of sp³-hybridized carbons (Fsp3) is 0.190. The van der Waals surface area contributed by atoms with E-state index in [4.69, 9.17) is 4.74 Å². The molecule has 0 saturated heterocycles. The summed E-state index contributed by atoms with van der Waals surface area (Å²) in [7, 11) is 1.63. The fourth-order valence-corrected chi connectivity index (χ4v) is 3.46. The van der Waals surface area contributed by atoms with Gasteiger partial charge in [0, 0.05) is 30.7 Å². The maximum atomic E-state index is 13.0. The number of carbonyl (C=O) groups is 1. The van der Waals surface area contributed by atoms with Gasteiger partial charge in [0.25, 0.3) is 0 Å². The highest BCUT2D eigenvalue weighted by molar-refractivity contribution is 5.90. The zero-order valence-corrected chi connectivity index (χ0v) is 14.6. The number of hydrogen-bond acceptors (Lipinski definition) is 2. The van der Waals surface area contributed by atoms with Crippen molar-refractivity contribution in [1.29, 1.82) is 0 Å². The maximum Gasteiger partial charge on any atom is 0.322 e. The molecule has 1 atom stereocenters. The van der Waals surface area contributed by atoms with E-state index in [1.807, 2.05) is 53.4 Å². The van der Waals surface area contributed by atoms with E-state index in [2.05, 4.69) is 34.3 Å². The number of methoxy groups -OCH3 is 1. The van der Waals surface area contributed by atoms with Gasteiger partial charge in [0.15, 0.2) is 0 Å². The van der Waals surface area contributed by atoms with Gasteiger partial charge in [-0.15, -0.1) is 0 Å². The average Bonchev–Trinajstić information content (AvgIpc) is 3.17. The molecule has 0 fully saturated rings. The van der Waals surface area contributed by atoms with Crippen LogP contribution >= 0.6 is 0 Å². The fourth-order valence-electron chi connectivity index (χ4n) is 3.46. The zero-order chi connectivity index (χ0) is 17.9. The lowest BCUT2D eigenvalue weighted by atomic mass is 10.0. The van der Waals surface area contributed by atoms with Gasteiger partial charge in [0.1, 0.15) is 5.75 Å². The molecule has 5 heteroatoms. The van der Waals surface area contributed by atoms with Crippen molar-refractivity contribution in [1.82, 2.24) is 9.47 Å². The number of fused-ring (bicyclic) bond motifs is 1. The lowest BCUT2D eigenvalue weighted by Crippen LogP contribution is -2.44. The van der Waals surface area contributed by atoms with E-state index in [9.17, 15) is 4.79 Å². The van der Waals surface area contributed by atoms with Crippen LogP contribution in [-0.4, -0.2) is 29.2 Å². The van der Waals surface area contributed by atoms with Gasteiger partial charge in [0.05, 0.1) is 13.2 Å². The summed E-state index contributed by atoms with van der Waals surface area (Å²) in [6.45, 7) is 1.45. The van der Waals surface area contributed by atoms with Crippen molar-refractivity contribution in [3.63, 3.8) is 0 Å². The molecule has 26 heavy (non-hydrogen) atoms. The van der Waals surface area contributed by atoms with Crippen LogP contribution in [0.5, 0.6) is 5.75 Å². The first-order chi connectivity index (χ1) is 12.8. The first-order valence-electron chi connectivity index (χ1n) is 8.68. The Labute approximate surface area is 152 Å². The Morgan fingerprint density at radius 2 is 1.77 bits per heavy atom. The van der Waals surface area contributed by atoms with E-state index in [1.54, 1.807) is 7.11 Å². The Morgan fingerprint density at radius 1 is 1.00 bits per heavy atom. The van der Waals surface area contributed by atoms with Crippen LogP contribution in [-0.2, 0) is 6.54 Å². The Bertz CT molecular complexity index is 887. The molecule has 0 bridgehead atoms. The molecule has 0 aliphatic carbocycles. The second kappa shape index (κ2) is 6.96. The second-order valence-electron chi connectivity index (χ2n) is 6.29. The molecule has 0 saturated carbocycles. The Morgan fingerprint density at radius 3 is 2.50 bits per heavy atom. The maximum absolute atomic E-state index is 13.0. The number of rotatable bonds is 3. The summed E-state index contributed by atoms with van der Waals surface area (Å²) in [6, 6.07) is 21.5. The van der Waals surface area contributed by atoms with E-state index in [0.29, 0.717) is 6.54 Å². The van der Waals surface area contributed by atoms with Gasteiger partial charge in [-0.1, -0.05) is 30.3 Å². The topological polar surface area (TPSA) is 46.5 Å². The van der Waals surface area contributed by atoms with Crippen LogP contribution in [0.3, 0.4) is 0 Å². The minimum Gasteiger partial charge on any atom is -0.497 e. The summed E-state index contributed by atoms with van der Waals surface area (Å²) >= 11 is 0. The smallest absolute Gasteiger partial charge is 0.322 e. The summed E-state index contributed by atoms with van der Waals surface area (Å²) in [6.07, 6.45) is 2.07. The Kier molecular flexibility index (Phi) is 4.35. The largest absolute Gasteiger partial charge is 0.497 e. The number of amides is 2. The number of hydrogen-bond donors (Lipinski definition) is 1. The number of nitrogens with one attached hydrogen (secondary N) is 1. The average molecular weight is 347 g/mol. The third-order valence-electron chi connectivity index (χ3n) is 4.76. The van der Waals surface area contributed by atoms with Crippen molar-refractivity contribution in [2.45, 2.75) is 12.6 Å². The number of urea groups is 1. The van der Waals surface area contributed by atoms with Gasteiger partial charge in [-0.3, -0.25) is 0 Å². The minimum atomic E-state index is -0.100. The van der Waals surface area contributed by atoms with Crippen molar-refractivity contribution >= 4 is 11.7 Å². The van der Waals surface area contributed by atoms with E-state index in [1.165, 1.54) is 0 Å². The molecule has 1 N–H and O–H groups in total. The quantitative estimate of drug-likeness (QED) is 0.774. The van der Waals surface area contributed by atoms with Gasteiger partial charge in [-0.05, 0) is 42.0 Å². The van der Waals surface area contributed by atoms with Crippen molar-refractivity contribution in [2.24, 2.45) is 0 Å². The summed E-state index contributed by atoms with van der Waals surface area (Å²) in [5.74, 6) is 0.765. The lowest BCUT2D eigenvalue weighted by molar-refractivity contribution is 0.182. The Balaban J connectivity index is 1.62. The summed E-state index contributed by atoms with van der Waals surface area (Å²) < 4.78 is 7.39. The number of nitrogens with zero attached hydrogens (tertiary/aromatic N) is 2. The molecule has 1 aliphatic rings. The number of ether oxygens (including phenoxy) is 1. The van der Waals surface area contributed by atoms with Crippen LogP contribution in [0, 0.1) is 0 Å². The normalized spacial score (nSPS) is 16.0. The predicted molar refractivity (Wildman–Crippen MR) is 101 cm³/mol. The monoisotopic (exact) mass is 347 g/mol. The number of anilines is 1. The highest BCUT2D eigenvalue weighted by Crippen LogP contribution is 2.32. The molecule has 2 heterocycles. The lowest BCUT2D eigenvalue weighted by Gasteiger charge is -2.37. The van der Waals surface area contributed by atoms with Crippen LogP contribution in [0.25, 0.3) is 0 Å². The molecular weight excluding hydrogens is 326 g/mol. The standard InChI is InChI=1S/C21H21N3O2/c1-26-18-11-9-17(10-12-18)22-21(25)24-15-14-23-13-5-8-19(23)20(24)16-6-3-2-4-7-16/h2-13,20H,14-15H2,1H3,(H,22,25)/t20-/m1/s1. The van der Waals surface area contributed by atoms with Crippen LogP contribution < -0.4 is 10.1 Å². The highest BCUT2D eigenvalue weighted by Gasteiger charge is 2.32. The molecule has 1 aromatic heterocycles. The molecule has 5 nitrogen and oxygen atoms in total. The first kappa shape index (κ1) is 16.3. The Hall–Kier alpha value is -3.21. The first-order valence-corrected chi connectivity index (χ1v) is 8.68. The van der Waals surface area contributed by atoms with Gasteiger partial charge in [0.2, 0.25) is 0 Å². The summed E-state index contributed by atoms with van der Waals surface area (Å²) in [5.41, 5.74) is 2.99. The van der Waals surface area contributed by atoms with Crippen LogP contribution in [0.1, 0.15) is 17.3 Å². The van der Waals surface area contributed by atoms with Gasteiger partial charge in [-0.2, -0.15) is 0 Å². The van der Waals surface area contributed by atoms with Crippen molar-refractivity contribution in [3.05, 3.63) is 84.2 Å². The molecule has 4 rings (SSSR count). The third kappa shape index (κ3) is 3.04. The summed E-state index contributed by atoms with van der Waals surface area (Å²) in [4.78, 5) is 14.9. The number of carbonyl (C=O) groups excluding carboxylic acids is 1. The van der Waals surface area contributed by atoms with Crippen LogP contribution in [0.2, 0.25) is 0 Å². The highest BCUT2D eigenvalue weighted by atomic mass is 16.5. The predicted octanol–water partition coefficient (Wildman–Crippen LogP) is 4.13. The zero-order valence-electron chi connectivity index (χ0n) is 14.6. The van der Waals surface area contributed by atoms with Crippen molar-refractivity contribution in [3.8, 4) is 5.75 Å². The van der Waals surface area contributed by atoms with Gasteiger partial charge in [-0.25, -0.2) is 4.79 Å². The number of benzene rings is 2. The minimum absolute atomic E-state index is 0.0989. The molecule has 0 radical (unpaired) electrons. The molecule has 0 unspecified atom stereocenters. The van der Waals surface area contributed by atoms with E-state index in [0.717, 1.165) is 29.2 Å². The van der Waals surface area contributed by atoms with Crippen LogP contribution in [0.4, 0.5) is 10.5 Å². The molecular formula is C21H21N3O2. The molecule has 2 amide bonds. The second-order valence-corrected chi connectivity index (χ2v) is 6.29. The van der Waals surface area contributed by atoms with E-state index < -0.39 is 0 Å². The van der Waals surface area contributed by atoms with E-state index in [-0.39, 0.29) is 12.1 Å². The molecule has 1 aliphatic heterocycles. The van der Waals surface area contributed by atoms with Gasteiger partial charge < -0.3 is 19.5 Å². The van der Waals surface area contributed by atoms with E-state index >= 15 is 0 Å². The van der Waals surface area contributed by atoms with Crippen molar-refractivity contribution in [2.75, 3.05) is 19.0 Å². The van der Waals surface area contributed by atoms with Gasteiger partial charge >= 0.3 is 6.03 Å².